The third-order valence-corrected chi connectivity index (χ3v) is 5.24. The molecule has 1 aliphatic rings. The standard InChI is InChI=1S/C13H16ClFO2S/c1-9-3-5-11(6-4-9)18(16)8-12-13(14,15)10(2)7-17-12/h3-6,10,12H,7-8H2,1-2H3/t10-,12-,13+,18+/m1/s1. The van der Waals surface area contributed by atoms with Gasteiger partial charge in [0.1, 0.15) is 6.10 Å². The fourth-order valence-electron chi connectivity index (χ4n) is 1.88. The van der Waals surface area contributed by atoms with Crippen LogP contribution >= 0.6 is 11.6 Å². The molecule has 0 aromatic heterocycles. The van der Waals surface area contributed by atoms with E-state index in [0.717, 1.165) is 5.56 Å². The first-order valence-corrected chi connectivity index (χ1v) is 7.55. The van der Waals surface area contributed by atoms with E-state index in [9.17, 15) is 8.60 Å². The molecule has 1 fully saturated rings. The maximum absolute atomic E-state index is 14.1. The van der Waals surface area contributed by atoms with Crippen LogP contribution in [0.2, 0.25) is 0 Å². The summed E-state index contributed by atoms with van der Waals surface area (Å²) in [5, 5.41) is -1.92. The molecule has 1 aromatic rings. The molecule has 1 saturated heterocycles. The zero-order chi connectivity index (χ0) is 13.3. The van der Waals surface area contributed by atoms with Gasteiger partial charge in [0.05, 0.1) is 23.2 Å². The van der Waals surface area contributed by atoms with E-state index >= 15 is 0 Å². The molecular formula is C13H16ClFO2S. The van der Waals surface area contributed by atoms with Crippen LogP contribution in [0.4, 0.5) is 4.39 Å². The largest absolute Gasteiger partial charge is 0.372 e. The fraction of sp³-hybridized carbons (Fsp3) is 0.538. The maximum atomic E-state index is 14.1. The summed E-state index contributed by atoms with van der Waals surface area (Å²) >= 11 is 5.81. The van der Waals surface area contributed by atoms with Gasteiger partial charge in [-0.2, -0.15) is 0 Å². The van der Waals surface area contributed by atoms with Gasteiger partial charge in [-0.15, -0.1) is 0 Å². The molecular weight excluding hydrogens is 275 g/mol. The first-order chi connectivity index (χ1) is 8.41. The lowest BCUT2D eigenvalue weighted by molar-refractivity contribution is 0.0798. The van der Waals surface area contributed by atoms with Crippen molar-refractivity contribution < 1.29 is 13.3 Å². The molecule has 0 bridgehead atoms. The number of hydrogen-bond acceptors (Lipinski definition) is 2. The lowest BCUT2D eigenvalue weighted by atomic mass is 10.1. The summed E-state index contributed by atoms with van der Waals surface area (Å²) in [7, 11) is -1.29. The molecule has 0 saturated carbocycles. The van der Waals surface area contributed by atoms with Crippen LogP contribution in [0.5, 0.6) is 0 Å². The SMILES string of the molecule is Cc1ccc([S@@](=O)C[C@H]2OC[C@@H](C)[C@@]2(F)Cl)cc1. The summed E-state index contributed by atoms with van der Waals surface area (Å²) in [5.41, 5.74) is 1.10. The minimum Gasteiger partial charge on any atom is -0.372 e. The number of rotatable bonds is 3. The van der Waals surface area contributed by atoms with Gasteiger partial charge in [0.2, 0.25) is 5.13 Å². The van der Waals surface area contributed by atoms with E-state index in [1.165, 1.54) is 0 Å². The van der Waals surface area contributed by atoms with Crippen molar-refractivity contribution in [1.29, 1.82) is 0 Å². The van der Waals surface area contributed by atoms with E-state index in [-0.39, 0.29) is 18.3 Å². The van der Waals surface area contributed by atoms with Crippen LogP contribution in [-0.4, -0.2) is 27.8 Å². The highest BCUT2D eigenvalue weighted by atomic mass is 35.5. The van der Waals surface area contributed by atoms with Crippen molar-refractivity contribution in [3.63, 3.8) is 0 Å². The monoisotopic (exact) mass is 290 g/mol. The molecule has 1 heterocycles. The molecule has 1 aliphatic heterocycles. The molecule has 5 heteroatoms. The van der Waals surface area contributed by atoms with E-state index in [0.29, 0.717) is 4.90 Å². The summed E-state index contributed by atoms with van der Waals surface area (Å²) in [6.07, 6.45) is -0.809. The third-order valence-electron chi connectivity index (χ3n) is 3.22. The van der Waals surface area contributed by atoms with Crippen molar-refractivity contribution in [2.75, 3.05) is 12.4 Å². The lowest BCUT2D eigenvalue weighted by Gasteiger charge is -2.21. The minimum atomic E-state index is -1.92. The summed E-state index contributed by atoms with van der Waals surface area (Å²) in [5.74, 6) is -0.285. The van der Waals surface area contributed by atoms with Crippen LogP contribution in [0, 0.1) is 12.8 Å². The predicted molar refractivity (Wildman–Crippen MR) is 71.1 cm³/mol. The summed E-state index contributed by atoms with van der Waals surface area (Å²) in [6, 6.07) is 7.35. The minimum absolute atomic E-state index is 0.0907. The maximum Gasteiger partial charge on any atom is 0.215 e. The van der Waals surface area contributed by atoms with Gasteiger partial charge in [-0.3, -0.25) is 4.21 Å². The number of benzene rings is 1. The fourth-order valence-corrected chi connectivity index (χ4v) is 3.42. The third kappa shape index (κ3) is 2.76. The second kappa shape index (κ2) is 5.27. The Morgan fingerprint density at radius 3 is 2.61 bits per heavy atom. The van der Waals surface area contributed by atoms with Gasteiger partial charge in [-0.05, 0) is 19.1 Å². The van der Waals surface area contributed by atoms with Gasteiger partial charge < -0.3 is 4.74 Å². The van der Waals surface area contributed by atoms with Gasteiger partial charge >= 0.3 is 0 Å². The first-order valence-electron chi connectivity index (χ1n) is 5.85. The summed E-state index contributed by atoms with van der Waals surface area (Å²) in [4.78, 5) is 0.677. The van der Waals surface area contributed by atoms with Crippen molar-refractivity contribution in [3.05, 3.63) is 29.8 Å². The Morgan fingerprint density at radius 1 is 1.50 bits per heavy atom. The Labute approximate surface area is 114 Å². The quantitative estimate of drug-likeness (QED) is 0.800. The number of aryl methyl sites for hydroxylation is 1. The van der Waals surface area contributed by atoms with Gasteiger partial charge in [-0.1, -0.05) is 36.2 Å². The van der Waals surface area contributed by atoms with Crippen LogP contribution in [0.1, 0.15) is 12.5 Å². The molecule has 0 spiro atoms. The zero-order valence-corrected chi connectivity index (χ0v) is 11.9. The van der Waals surface area contributed by atoms with E-state index in [2.05, 4.69) is 0 Å². The van der Waals surface area contributed by atoms with Crippen molar-refractivity contribution >= 4 is 22.4 Å². The molecule has 2 rings (SSSR count). The molecule has 2 nitrogen and oxygen atoms in total. The molecule has 1 aromatic carbocycles. The summed E-state index contributed by atoms with van der Waals surface area (Å²) in [6.45, 7) is 3.93. The number of halogens is 2. The number of alkyl halides is 2. The molecule has 4 atom stereocenters. The first kappa shape index (κ1) is 14.0. The Morgan fingerprint density at radius 2 is 2.11 bits per heavy atom. The second-order valence-corrected chi connectivity index (χ2v) is 6.80. The molecule has 18 heavy (non-hydrogen) atoms. The Bertz CT molecular complexity index is 447. The van der Waals surface area contributed by atoms with Gasteiger partial charge in [0.25, 0.3) is 0 Å². The van der Waals surface area contributed by atoms with E-state index in [1.807, 2.05) is 19.1 Å². The van der Waals surface area contributed by atoms with Gasteiger partial charge in [0.15, 0.2) is 0 Å². The van der Waals surface area contributed by atoms with Crippen LogP contribution in [0.25, 0.3) is 0 Å². The number of hydrogen-bond donors (Lipinski definition) is 0. The van der Waals surface area contributed by atoms with Crippen molar-refractivity contribution in [3.8, 4) is 0 Å². The highest BCUT2D eigenvalue weighted by Gasteiger charge is 2.49. The molecule has 0 aliphatic carbocycles. The number of ether oxygens (including phenoxy) is 1. The van der Waals surface area contributed by atoms with Gasteiger partial charge in [0, 0.05) is 10.8 Å². The van der Waals surface area contributed by atoms with Crippen molar-refractivity contribution in [1.82, 2.24) is 0 Å². The molecule has 100 valence electrons. The predicted octanol–water partition coefficient (Wildman–Crippen LogP) is 3.04. The lowest BCUT2D eigenvalue weighted by Crippen LogP contribution is -2.36. The molecule has 0 radical (unpaired) electrons. The Hall–Kier alpha value is -0.450. The van der Waals surface area contributed by atoms with Crippen LogP contribution in [0.15, 0.2) is 29.2 Å². The van der Waals surface area contributed by atoms with E-state index < -0.39 is 22.0 Å². The van der Waals surface area contributed by atoms with Crippen LogP contribution in [0.3, 0.4) is 0 Å². The summed E-state index contributed by atoms with van der Waals surface area (Å²) < 4.78 is 31.5. The van der Waals surface area contributed by atoms with Crippen LogP contribution < -0.4 is 0 Å². The molecule has 0 amide bonds. The Kier molecular flexibility index (Phi) is 4.09. The normalized spacial score (nSPS) is 33.6. The Balaban J connectivity index is 2.06. The molecule has 0 N–H and O–H groups in total. The molecule has 0 unspecified atom stereocenters. The topological polar surface area (TPSA) is 26.3 Å². The van der Waals surface area contributed by atoms with E-state index in [4.69, 9.17) is 16.3 Å². The zero-order valence-electron chi connectivity index (χ0n) is 10.4. The second-order valence-electron chi connectivity index (χ2n) is 4.72. The highest BCUT2D eigenvalue weighted by molar-refractivity contribution is 7.85. The average Bonchev–Trinajstić information content (AvgIpc) is 2.57. The van der Waals surface area contributed by atoms with Gasteiger partial charge in [-0.25, -0.2) is 4.39 Å². The van der Waals surface area contributed by atoms with Crippen LogP contribution in [-0.2, 0) is 15.5 Å². The average molecular weight is 291 g/mol. The van der Waals surface area contributed by atoms with Crippen molar-refractivity contribution in [2.24, 2.45) is 5.92 Å². The van der Waals surface area contributed by atoms with E-state index in [1.54, 1.807) is 19.1 Å². The highest BCUT2D eigenvalue weighted by Crippen LogP contribution is 2.39. The van der Waals surface area contributed by atoms with Crippen molar-refractivity contribution in [2.45, 2.75) is 30.0 Å². The smallest absolute Gasteiger partial charge is 0.215 e.